The van der Waals surface area contributed by atoms with E-state index in [0.29, 0.717) is 12.2 Å². The molecule has 0 aromatic heterocycles. The van der Waals surface area contributed by atoms with E-state index in [4.69, 9.17) is 40.6 Å². The molecule has 5 atom stereocenters. The molecule has 1 saturated heterocycles. The monoisotopic (exact) mass is 610 g/mol. The van der Waals surface area contributed by atoms with Gasteiger partial charge in [-0.25, -0.2) is 9.59 Å². The third kappa shape index (κ3) is 8.16. The molecule has 3 aromatic carbocycles. The average Bonchev–Trinajstić information content (AvgIpc) is 3.02. The van der Waals surface area contributed by atoms with Crippen molar-refractivity contribution >= 4 is 46.3 Å². The van der Waals surface area contributed by atoms with Crippen LogP contribution < -0.4 is 0 Å². The van der Waals surface area contributed by atoms with E-state index in [-0.39, 0.29) is 22.1 Å². The molecule has 0 radical (unpaired) electrons. The van der Waals surface area contributed by atoms with Crippen molar-refractivity contribution in [1.29, 1.82) is 0 Å². The maximum Gasteiger partial charge on any atom is 0.338 e. The van der Waals surface area contributed by atoms with E-state index in [0.717, 1.165) is 11.8 Å². The lowest BCUT2D eigenvalue weighted by molar-refractivity contribution is -0.264. The summed E-state index contributed by atoms with van der Waals surface area (Å²) in [5, 5.41) is -0.888. The molecule has 1 aliphatic heterocycles. The van der Waals surface area contributed by atoms with Crippen molar-refractivity contribution in [2.24, 2.45) is 0 Å². The number of hydrogen-bond donors (Lipinski definition) is 0. The number of esters is 3. The van der Waals surface area contributed by atoms with E-state index in [2.05, 4.69) is 0 Å². The first-order valence-electron chi connectivity index (χ1n) is 13.2. The molecular formula is C31H30O9S2. The lowest BCUT2D eigenvalue weighted by Crippen LogP contribution is -2.58. The molecule has 0 spiro atoms. The van der Waals surface area contributed by atoms with Gasteiger partial charge in [-0.1, -0.05) is 78.5 Å². The number of ether oxygens (including phenoxy) is 6. The topological polar surface area (TPSA) is 107 Å². The first kappa shape index (κ1) is 31.2. The van der Waals surface area contributed by atoms with Gasteiger partial charge in [0, 0.05) is 7.11 Å². The molecule has 0 saturated carbocycles. The second-order valence-electron chi connectivity index (χ2n) is 8.98. The molecule has 0 aliphatic carbocycles. The van der Waals surface area contributed by atoms with Crippen molar-refractivity contribution in [3.63, 3.8) is 0 Å². The lowest BCUT2D eigenvalue weighted by Gasteiger charge is -2.40. The SMILES string of the molecule is CCOC(=S)SC(C(=O)O[C@H]1CO[C@H](OC)[C@H](OC(=O)c2ccccc2)[C@H]1OC(=O)c1ccccc1)c1ccccc1. The van der Waals surface area contributed by atoms with Crippen molar-refractivity contribution in [3.8, 4) is 0 Å². The van der Waals surface area contributed by atoms with Crippen LogP contribution in [0.4, 0.5) is 0 Å². The normalized spacial score (nSPS) is 20.5. The van der Waals surface area contributed by atoms with Crippen LogP contribution in [0, 0.1) is 0 Å². The number of hydrogen-bond acceptors (Lipinski definition) is 11. The van der Waals surface area contributed by atoms with Crippen LogP contribution in [0.25, 0.3) is 0 Å². The fourth-order valence-electron chi connectivity index (χ4n) is 4.19. The van der Waals surface area contributed by atoms with Crippen molar-refractivity contribution in [3.05, 3.63) is 108 Å². The molecule has 1 unspecified atom stereocenters. The number of thiocarbonyl (C=S) groups is 1. The summed E-state index contributed by atoms with van der Waals surface area (Å²) in [5.41, 5.74) is 1.16. The average molecular weight is 611 g/mol. The minimum absolute atomic E-state index is 0.171. The van der Waals surface area contributed by atoms with Gasteiger partial charge in [0.2, 0.25) is 4.38 Å². The van der Waals surface area contributed by atoms with Gasteiger partial charge in [-0.05, 0) is 49.0 Å². The van der Waals surface area contributed by atoms with E-state index < -0.39 is 47.8 Å². The molecule has 1 aliphatic rings. The van der Waals surface area contributed by atoms with Crippen LogP contribution in [0.3, 0.4) is 0 Å². The molecule has 42 heavy (non-hydrogen) atoms. The summed E-state index contributed by atoms with van der Waals surface area (Å²) < 4.78 is 34.4. The van der Waals surface area contributed by atoms with Gasteiger partial charge in [0.1, 0.15) is 5.25 Å². The predicted molar refractivity (Wildman–Crippen MR) is 159 cm³/mol. The summed E-state index contributed by atoms with van der Waals surface area (Å²) in [6.45, 7) is 1.93. The van der Waals surface area contributed by atoms with Crippen molar-refractivity contribution < 1.29 is 42.8 Å². The molecule has 0 N–H and O–H groups in total. The smallest absolute Gasteiger partial charge is 0.338 e. The molecule has 1 heterocycles. The Hall–Kier alpha value is -3.77. The highest BCUT2D eigenvalue weighted by Gasteiger charge is 2.48. The van der Waals surface area contributed by atoms with Crippen LogP contribution in [-0.4, -0.2) is 67.2 Å². The zero-order valence-electron chi connectivity index (χ0n) is 23.0. The Balaban J connectivity index is 1.63. The second-order valence-corrected chi connectivity index (χ2v) is 10.7. The standard InChI is InChI=1S/C31H30O9S2/c1-3-36-31(41)42-26(20-13-7-4-8-14-20)29(34)38-23-19-37-30(35-2)25(40-28(33)22-17-11-6-12-18-22)24(23)39-27(32)21-15-9-5-10-16-21/h4-18,23-26,30H,3,19H2,1-2H3/t23-,24-,25+,26?,30-/m0/s1. The summed E-state index contributed by atoms with van der Waals surface area (Å²) >= 11 is 6.32. The Morgan fingerprint density at radius 3 is 1.88 bits per heavy atom. The first-order chi connectivity index (χ1) is 20.4. The van der Waals surface area contributed by atoms with Gasteiger partial charge in [0.15, 0.2) is 24.6 Å². The number of methoxy groups -OCH3 is 1. The van der Waals surface area contributed by atoms with E-state index in [1.165, 1.54) is 7.11 Å². The largest absolute Gasteiger partial charge is 0.479 e. The Labute approximate surface area is 253 Å². The second kappa shape index (κ2) is 15.5. The van der Waals surface area contributed by atoms with Crippen LogP contribution in [0.2, 0.25) is 0 Å². The third-order valence-corrected chi connectivity index (χ3v) is 7.60. The number of thioether (sulfide) groups is 1. The van der Waals surface area contributed by atoms with E-state index in [9.17, 15) is 14.4 Å². The van der Waals surface area contributed by atoms with Crippen molar-refractivity contribution in [2.45, 2.75) is 36.8 Å². The van der Waals surface area contributed by atoms with Crippen LogP contribution in [-0.2, 0) is 33.2 Å². The molecule has 0 amide bonds. The third-order valence-electron chi connectivity index (χ3n) is 6.18. The molecular weight excluding hydrogens is 580 g/mol. The van der Waals surface area contributed by atoms with E-state index >= 15 is 0 Å². The van der Waals surface area contributed by atoms with Crippen molar-refractivity contribution in [1.82, 2.24) is 0 Å². The highest BCUT2D eigenvalue weighted by molar-refractivity contribution is 8.23. The highest BCUT2D eigenvalue weighted by Crippen LogP contribution is 2.34. The summed E-state index contributed by atoms with van der Waals surface area (Å²) in [7, 11) is 1.37. The van der Waals surface area contributed by atoms with Crippen LogP contribution in [0.15, 0.2) is 91.0 Å². The van der Waals surface area contributed by atoms with E-state index in [1.54, 1.807) is 91.9 Å². The maximum atomic E-state index is 13.7. The summed E-state index contributed by atoms with van der Waals surface area (Å²) in [4.78, 5) is 39.9. The summed E-state index contributed by atoms with van der Waals surface area (Å²) in [6.07, 6.45) is -4.80. The first-order valence-corrected chi connectivity index (χ1v) is 14.4. The van der Waals surface area contributed by atoms with Gasteiger partial charge < -0.3 is 28.4 Å². The van der Waals surface area contributed by atoms with Crippen LogP contribution in [0.5, 0.6) is 0 Å². The maximum absolute atomic E-state index is 13.7. The molecule has 4 rings (SSSR count). The van der Waals surface area contributed by atoms with E-state index in [1.807, 2.05) is 6.07 Å². The quantitative estimate of drug-likeness (QED) is 0.173. The summed E-state index contributed by atoms with van der Waals surface area (Å²) in [6, 6.07) is 25.5. The number of carbonyl (C=O) groups is 3. The predicted octanol–water partition coefficient (Wildman–Crippen LogP) is 5.15. The fraction of sp³-hybridized carbons (Fsp3) is 0.290. The van der Waals surface area contributed by atoms with Gasteiger partial charge in [-0.15, -0.1) is 0 Å². The van der Waals surface area contributed by atoms with Gasteiger partial charge in [0.25, 0.3) is 0 Å². The molecule has 0 bridgehead atoms. The molecule has 220 valence electrons. The Morgan fingerprint density at radius 2 is 1.36 bits per heavy atom. The minimum atomic E-state index is -1.27. The Kier molecular flexibility index (Phi) is 11.5. The van der Waals surface area contributed by atoms with Gasteiger partial charge in [-0.2, -0.15) is 0 Å². The number of carbonyl (C=O) groups excluding carboxylic acids is 3. The van der Waals surface area contributed by atoms with Gasteiger partial charge in [-0.3, -0.25) is 4.79 Å². The number of rotatable bonds is 10. The molecule has 9 nitrogen and oxygen atoms in total. The zero-order chi connectivity index (χ0) is 29.9. The number of benzene rings is 3. The van der Waals surface area contributed by atoms with Crippen LogP contribution in [0.1, 0.15) is 38.5 Å². The lowest BCUT2D eigenvalue weighted by atomic mass is 10.0. The fourth-order valence-corrected chi connectivity index (χ4v) is 5.42. The molecule has 3 aromatic rings. The molecule has 11 heteroatoms. The van der Waals surface area contributed by atoms with Crippen molar-refractivity contribution in [2.75, 3.05) is 20.3 Å². The summed E-state index contributed by atoms with van der Waals surface area (Å²) in [5.74, 6) is -2.07. The minimum Gasteiger partial charge on any atom is -0.479 e. The zero-order valence-corrected chi connectivity index (χ0v) is 24.6. The Morgan fingerprint density at radius 1 is 0.833 bits per heavy atom. The molecule has 1 fully saturated rings. The Bertz CT molecular complexity index is 1340. The van der Waals surface area contributed by atoms with Gasteiger partial charge >= 0.3 is 17.9 Å². The highest BCUT2D eigenvalue weighted by atomic mass is 32.2. The van der Waals surface area contributed by atoms with Crippen LogP contribution >= 0.6 is 24.0 Å². The van der Waals surface area contributed by atoms with Gasteiger partial charge in [0.05, 0.1) is 24.3 Å².